The lowest BCUT2D eigenvalue weighted by atomic mass is 10.1. The van der Waals surface area contributed by atoms with Crippen LogP contribution in [0.15, 0.2) is 58.5 Å². The van der Waals surface area contributed by atoms with E-state index in [0.29, 0.717) is 37.0 Å². The molecule has 4 rings (SSSR count). The van der Waals surface area contributed by atoms with E-state index >= 15 is 0 Å². The highest BCUT2D eigenvalue weighted by molar-refractivity contribution is 7.91. The Bertz CT molecular complexity index is 1110. The van der Waals surface area contributed by atoms with Gasteiger partial charge < -0.3 is 9.64 Å². The number of nitrogens with zero attached hydrogens (tertiary/aromatic N) is 2. The van der Waals surface area contributed by atoms with E-state index in [0.717, 1.165) is 16.5 Å². The molecular weight excluding hydrogens is 384 g/mol. The highest BCUT2D eigenvalue weighted by Gasteiger charge is 2.28. The molecule has 140 valence electrons. The number of benzene rings is 2. The van der Waals surface area contributed by atoms with Crippen LogP contribution in [-0.2, 0) is 14.6 Å². The minimum atomic E-state index is -3.78. The summed E-state index contributed by atoms with van der Waals surface area (Å²) in [6, 6.07) is 12.2. The zero-order valence-corrected chi connectivity index (χ0v) is 16.4. The highest BCUT2D eigenvalue weighted by Crippen LogP contribution is 2.37. The lowest BCUT2D eigenvalue weighted by molar-refractivity contribution is 0.122. The predicted molar refractivity (Wildman–Crippen MR) is 106 cm³/mol. The number of hydrogen-bond donors (Lipinski definition) is 0. The average Bonchev–Trinajstić information content (AvgIpc) is 2.67. The second-order valence-corrected chi connectivity index (χ2v) is 8.91. The molecule has 0 bridgehead atoms. The van der Waals surface area contributed by atoms with Gasteiger partial charge in [-0.1, -0.05) is 29.3 Å². The molecule has 0 N–H and O–H groups in total. The van der Waals surface area contributed by atoms with Crippen LogP contribution >= 0.6 is 11.6 Å². The molecule has 1 fully saturated rings. The van der Waals surface area contributed by atoms with Crippen LogP contribution < -0.4 is 4.90 Å². The van der Waals surface area contributed by atoms with Gasteiger partial charge in [-0.25, -0.2) is 8.42 Å². The van der Waals surface area contributed by atoms with Gasteiger partial charge in [-0.3, -0.25) is 4.98 Å². The number of sulfone groups is 1. The van der Waals surface area contributed by atoms with Crippen molar-refractivity contribution in [2.24, 2.45) is 0 Å². The molecule has 1 aliphatic rings. The number of hydrogen-bond acceptors (Lipinski definition) is 5. The topological polar surface area (TPSA) is 59.5 Å². The van der Waals surface area contributed by atoms with Crippen molar-refractivity contribution in [1.82, 2.24) is 4.98 Å². The van der Waals surface area contributed by atoms with Crippen molar-refractivity contribution in [3.8, 4) is 0 Å². The molecule has 0 amide bonds. The van der Waals surface area contributed by atoms with E-state index < -0.39 is 9.84 Å². The zero-order valence-electron chi connectivity index (χ0n) is 14.9. The molecule has 0 spiro atoms. The van der Waals surface area contributed by atoms with Crippen LogP contribution in [0.1, 0.15) is 5.56 Å². The van der Waals surface area contributed by atoms with Crippen molar-refractivity contribution in [2.45, 2.75) is 16.7 Å². The maximum atomic E-state index is 13.4. The van der Waals surface area contributed by atoms with E-state index in [1.165, 1.54) is 12.3 Å². The third-order valence-corrected chi connectivity index (χ3v) is 6.67. The Morgan fingerprint density at radius 2 is 1.89 bits per heavy atom. The van der Waals surface area contributed by atoms with Gasteiger partial charge in [0.1, 0.15) is 4.90 Å². The number of fused-ring (bicyclic) bond motifs is 1. The predicted octanol–water partition coefficient (Wildman–Crippen LogP) is 3.87. The third-order valence-electron chi connectivity index (χ3n) is 4.68. The standard InChI is InChI=1S/C20H19ClN2O3S/c1-14-5-6-18-17(11-14)20(23-7-9-26-10-8-23)19(13-22-18)27(24,25)16-4-2-3-15(21)12-16/h2-6,11-13H,7-10H2,1H3. The van der Waals surface area contributed by atoms with Crippen molar-refractivity contribution in [3.05, 3.63) is 59.2 Å². The fraction of sp³-hybridized carbons (Fsp3) is 0.250. The summed E-state index contributed by atoms with van der Waals surface area (Å²) in [6.45, 7) is 4.37. The molecule has 2 heterocycles. The first kappa shape index (κ1) is 18.2. The number of ether oxygens (including phenoxy) is 1. The normalized spacial score (nSPS) is 15.3. The second kappa shape index (κ2) is 7.11. The Balaban J connectivity index is 1.99. The first-order valence-corrected chi connectivity index (χ1v) is 10.6. The van der Waals surface area contributed by atoms with Gasteiger partial charge in [0.25, 0.3) is 0 Å². The summed E-state index contributed by atoms with van der Waals surface area (Å²) in [5.74, 6) is 0. The van der Waals surface area contributed by atoms with Crippen LogP contribution in [0.25, 0.3) is 10.9 Å². The molecule has 1 aliphatic heterocycles. The second-order valence-electron chi connectivity index (χ2n) is 6.55. The number of morpholine rings is 1. The first-order valence-electron chi connectivity index (χ1n) is 8.69. The zero-order chi connectivity index (χ0) is 19.0. The van der Waals surface area contributed by atoms with Crippen LogP contribution in [0.5, 0.6) is 0 Å². The molecular formula is C20H19ClN2O3S. The van der Waals surface area contributed by atoms with Gasteiger partial charge in [-0.15, -0.1) is 0 Å². The van der Waals surface area contributed by atoms with E-state index in [2.05, 4.69) is 9.88 Å². The number of pyridine rings is 1. The van der Waals surface area contributed by atoms with Crippen molar-refractivity contribution in [3.63, 3.8) is 0 Å². The fourth-order valence-electron chi connectivity index (χ4n) is 3.35. The van der Waals surface area contributed by atoms with Gasteiger partial charge in [-0.05, 0) is 37.3 Å². The van der Waals surface area contributed by atoms with Crippen molar-refractivity contribution in [2.75, 3.05) is 31.2 Å². The van der Waals surface area contributed by atoms with Crippen LogP contribution in [0.2, 0.25) is 5.02 Å². The van der Waals surface area contributed by atoms with Crippen molar-refractivity contribution in [1.29, 1.82) is 0 Å². The quantitative estimate of drug-likeness (QED) is 0.665. The van der Waals surface area contributed by atoms with E-state index in [-0.39, 0.29) is 9.79 Å². The summed E-state index contributed by atoms with van der Waals surface area (Å²) in [5, 5.41) is 1.22. The monoisotopic (exact) mass is 402 g/mol. The summed E-state index contributed by atoms with van der Waals surface area (Å²) in [5.41, 5.74) is 2.51. The molecule has 5 nitrogen and oxygen atoms in total. The van der Waals surface area contributed by atoms with Gasteiger partial charge >= 0.3 is 0 Å². The van der Waals surface area contributed by atoms with E-state index in [1.807, 2.05) is 25.1 Å². The summed E-state index contributed by atoms with van der Waals surface area (Å²) in [4.78, 5) is 6.86. The lowest BCUT2D eigenvalue weighted by Crippen LogP contribution is -2.37. The third kappa shape index (κ3) is 3.40. The SMILES string of the molecule is Cc1ccc2ncc(S(=O)(=O)c3cccc(Cl)c3)c(N3CCOCC3)c2c1. The van der Waals surface area contributed by atoms with Gasteiger partial charge in [0.05, 0.1) is 29.3 Å². The summed E-state index contributed by atoms with van der Waals surface area (Å²) in [6.07, 6.45) is 1.46. The number of halogens is 1. The Hall–Kier alpha value is -2.15. The largest absolute Gasteiger partial charge is 0.378 e. The lowest BCUT2D eigenvalue weighted by Gasteiger charge is -2.31. The number of aromatic nitrogens is 1. The first-order chi connectivity index (χ1) is 13.0. The smallest absolute Gasteiger partial charge is 0.210 e. The van der Waals surface area contributed by atoms with E-state index in [1.54, 1.807) is 18.2 Å². The minimum Gasteiger partial charge on any atom is -0.378 e. The summed E-state index contributed by atoms with van der Waals surface area (Å²) < 4.78 is 32.3. The Morgan fingerprint density at radius 1 is 1.11 bits per heavy atom. The van der Waals surface area contributed by atoms with Crippen molar-refractivity contribution < 1.29 is 13.2 Å². The molecule has 0 saturated carbocycles. The van der Waals surface area contributed by atoms with Gasteiger partial charge in [0.15, 0.2) is 0 Å². The molecule has 0 radical (unpaired) electrons. The maximum Gasteiger partial charge on any atom is 0.210 e. The average molecular weight is 403 g/mol. The Morgan fingerprint density at radius 3 is 2.63 bits per heavy atom. The molecule has 1 aromatic heterocycles. The number of aryl methyl sites for hydroxylation is 1. The van der Waals surface area contributed by atoms with Gasteiger partial charge in [0, 0.05) is 29.7 Å². The molecule has 27 heavy (non-hydrogen) atoms. The molecule has 0 aliphatic carbocycles. The van der Waals surface area contributed by atoms with Gasteiger partial charge in [-0.2, -0.15) is 0 Å². The van der Waals surface area contributed by atoms with Crippen LogP contribution in [-0.4, -0.2) is 39.7 Å². The van der Waals surface area contributed by atoms with E-state index in [9.17, 15) is 8.42 Å². The maximum absolute atomic E-state index is 13.4. The molecule has 0 unspecified atom stereocenters. The fourth-order valence-corrected chi connectivity index (χ4v) is 5.08. The Kier molecular flexibility index (Phi) is 4.80. The highest BCUT2D eigenvalue weighted by atomic mass is 35.5. The molecule has 0 atom stereocenters. The van der Waals surface area contributed by atoms with Crippen molar-refractivity contribution >= 4 is 38.0 Å². The molecule has 3 aromatic rings. The van der Waals surface area contributed by atoms with Gasteiger partial charge in [0.2, 0.25) is 9.84 Å². The number of rotatable bonds is 3. The molecule has 1 saturated heterocycles. The minimum absolute atomic E-state index is 0.165. The van der Waals surface area contributed by atoms with Crippen LogP contribution in [0, 0.1) is 6.92 Å². The number of anilines is 1. The molecule has 2 aromatic carbocycles. The molecule has 7 heteroatoms. The van der Waals surface area contributed by atoms with Crippen LogP contribution in [0.4, 0.5) is 5.69 Å². The van der Waals surface area contributed by atoms with E-state index in [4.69, 9.17) is 16.3 Å². The summed E-state index contributed by atoms with van der Waals surface area (Å²) >= 11 is 6.04. The van der Waals surface area contributed by atoms with Crippen LogP contribution in [0.3, 0.4) is 0 Å². The summed E-state index contributed by atoms with van der Waals surface area (Å²) in [7, 11) is -3.78. The Labute approximate surface area is 163 Å².